The number of carbonyl (C=O) groups excluding carboxylic acids is 6. The first-order chi connectivity index (χ1) is 7.93. The fourth-order valence-electron chi connectivity index (χ4n) is 0. The van der Waals surface area contributed by atoms with Gasteiger partial charge in [-0.05, 0) is 0 Å². The molecule has 0 saturated heterocycles. The van der Waals surface area contributed by atoms with Crippen LogP contribution in [0.3, 0.4) is 0 Å². The van der Waals surface area contributed by atoms with Crippen LogP contribution in [0.25, 0.3) is 0 Å². The zero-order chi connectivity index (χ0) is 15.5. The van der Waals surface area contributed by atoms with E-state index in [0.717, 1.165) is 0 Å². The van der Waals surface area contributed by atoms with Crippen LogP contribution in [-0.2, 0) is 28.8 Å². The summed E-state index contributed by atoms with van der Waals surface area (Å²) >= 11 is 0. The van der Waals surface area contributed by atoms with E-state index >= 15 is 0 Å². The van der Waals surface area contributed by atoms with Gasteiger partial charge in [0.15, 0.2) is 0 Å². The van der Waals surface area contributed by atoms with Gasteiger partial charge in [0, 0.05) is 0 Å². The third-order valence-electron chi connectivity index (χ3n) is 0.500. The van der Waals surface area contributed by atoms with Gasteiger partial charge >= 0.3 is 73.7 Å². The van der Waals surface area contributed by atoms with Crippen molar-refractivity contribution in [1.82, 2.24) is 0 Å². The molecule has 0 unspecified atom stereocenters. The van der Waals surface area contributed by atoms with Gasteiger partial charge < -0.3 is 64.9 Å². The number of carboxylic acids is 6. The molecule has 0 aliphatic heterocycles. The van der Waals surface area contributed by atoms with Crippen LogP contribution in [0, 0.1) is 73.7 Å². The van der Waals surface area contributed by atoms with Crippen molar-refractivity contribution in [3.63, 3.8) is 0 Å². The van der Waals surface area contributed by atoms with Gasteiger partial charge in [0.25, 0.3) is 0 Å². The van der Waals surface area contributed by atoms with Crippen molar-refractivity contribution in [2.45, 2.75) is 0 Å². The first-order valence-corrected chi connectivity index (χ1v) is 3.20. The molecular weight excluding hydrogens is 618 g/mol. The fourth-order valence-corrected chi connectivity index (χ4v) is 0. The minimum atomic E-state index is -2.19. The van der Waals surface area contributed by atoms with Crippen molar-refractivity contribution in [3.05, 3.63) is 0 Å². The summed E-state index contributed by atoms with van der Waals surface area (Å²) in [6.45, 7) is 0. The second kappa shape index (κ2) is 21.5. The van der Waals surface area contributed by atoms with E-state index in [1.165, 1.54) is 0 Å². The Bertz CT molecular complexity index is 282. The molecule has 0 aliphatic carbocycles. The minimum Gasteiger partial charge on any atom is -0.543 e. The molecule has 0 bridgehead atoms. The molecule has 0 rings (SSSR count). The number of hydrogen-bond acceptors (Lipinski definition) is 12. The van der Waals surface area contributed by atoms with Gasteiger partial charge in [0.2, 0.25) is 0 Å². The van der Waals surface area contributed by atoms with Crippen LogP contribution in [0.15, 0.2) is 0 Å². The Kier molecular flexibility index (Phi) is 37.9. The standard InChI is InChI=1S/3C2H2O4.H2O.2Tm/c3*3-1(4)2(5)6;;;/h3*(H,3,4)(H,5,6);1H2;;/q;;;;2*+3/p-6. The van der Waals surface area contributed by atoms with Crippen LogP contribution in [0.5, 0.6) is 0 Å². The van der Waals surface area contributed by atoms with Crippen LogP contribution < -0.4 is 30.6 Å². The molecular formula is C6H2O13Tm2. The summed E-state index contributed by atoms with van der Waals surface area (Å²) in [7, 11) is 0. The van der Waals surface area contributed by atoms with E-state index in [9.17, 15) is 0 Å². The normalized spacial score (nSPS) is 6.29. The van der Waals surface area contributed by atoms with E-state index in [4.69, 9.17) is 59.4 Å². The Morgan fingerprint density at radius 2 is 0.429 bits per heavy atom. The molecule has 0 aliphatic rings. The summed E-state index contributed by atoms with van der Waals surface area (Å²) in [6.07, 6.45) is 0. The van der Waals surface area contributed by atoms with Crippen LogP contribution in [-0.4, -0.2) is 41.3 Å². The number of carbonyl (C=O) groups is 6. The van der Waals surface area contributed by atoms with Crippen LogP contribution in [0.2, 0.25) is 0 Å². The van der Waals surface area contributed by atoms with E-state index in [0.29, 0.717) is 0 Å². The Morgan fingerprint density at radius 3 is 0.429 bits per heavy atom. The van der Waals surface area contributed by atoms with Crippen molar-refractivity contribution in [3.8, 4) is 0 Å². The molecule has 0 fully saturated rings. The molecule has 0 spiro atoms. The number of hydrogen-bond donors (Lipinski definition) is 0. The fraction of sp³-hybridized carbons (Fsp3) is 0. The molecule has 0 aromatic heterocycles. The molecule has 2 N–H and O–H groups in total. The SMILES string of the molecule is O.O=C([O-])C(=O)[O-].O=C([O-])C(=O)[O-].O=C([O-])C(=O)[O-].[Tm+3].[Tm+3]. The maximum atomic E-state index is 8.93. The monoisotopic (exact) mass is 620 g/mol. The maximum absolute atomic E-state index is 8.93. The summed E-state index contributed by atoms with van der Waals surface area (Å²) in [6, 6.07) is 0. The molecule has 0 heterocycles. The minimum absolute atomic E-state index is 0. The Morgan fingerprint density at radius 1 is 0.381 bits per heavy atom. The number of carboxylic acid groups (broad SMARTS) is 6. The van der Waals surface area contributed by atoms with Crippen molar-refractivity contribution in [2.24, 2.45) is 0 Å². The average Bonchev–Trinajstić information content (AvgIpc) is 2.18. The van der Waals surface area contributed by atoms with Crippen molar-refractivity contribution < 1.29 is 139 Å². The third-order valence-corrected chi connectivity index (χ3v) is 0.500. The van der Waals surface area contributed by atoms with Gasteiger partial charge in [-0.25, -0.2) is 0 Å². The summed E-state index contributed by atoms with van der Waals surface area (Å²) in [5, 5.41) is 53.6. The number of aliphatic carboxylic acids is 6. The van der Waals surface area contributed by atoms with E-state index < -0.39 is 35.8 Å². The molecule has 0 aromatic rings. The average molecular weight is 620 g/mol. The molecule has 15 heteroatoms. The van der Waals surface area contributed by atoms with E-state index in [1.54, 1.807) is 0 Å². The maximum Gasteiger partial charge on any atom is 3.00 e. The molecule has 0 amide bonds. The molecule has 0 aromatic carbocycles. The second-order valence-corrected chi connectivity index (χ2v) is 1.72. The zero-order valence-corrected chi connectivity index (χ0v) is 12.5. The Hall–Kier alpha value is -0.752. The second-order valence-electron chi connectivity index (χ2n) is 1.72. The Labute approximate surface area is 172 Å². The summed E-state index contributed by atoms with van der Waals surface area (Å²) in [4.78, 5) is 53.6. The van der Waals surface area contributed by atoms with Gasteiger partial charge in [0.05, 0.1) is 35.8 Å². The van der Waals surface area contributed by atoms with Crippen LogP contribution in [0.4, 0.5) is 0 Å². The molecule has 0 atom stereocenters. The molecule has 0 saturated carbocycles. The quantitative estimate of drug-likeness (QED) is 0.229. The smallest absolute Gasteiger partial charge is 0.543 e. The van der Waals surface area contributed by atoms with Gasteiger partial charge in [-0.2, -0.15) is 0 Å². The topological polar surface area (TPSA) is 272 Å². The number of rotatable bonds is 0. The Balaban J connectivity index is -0.0000000375. The van der Waals surface area contributed by atoms with Crippen LogP contribution >= 0.6 is 0 Å². The van der Waals surface area contributed by atoms with Gasteiger partial charge in [-0.3, -0.25) is 0 Å². The molecule has 0 radical (unpaired) electrons. The molecule has 130 valence electrons. The van der Waals surface area contributed by atoms with Crippen LogP contribution in [0.1, 0.15) is 0 Å². The van der Waals surface area contributed by atoms with E-state index in [1.807, 2.05) is 0 Å². The van der Waals surface area contributed by atoms with Crippen molar-refractivity contribution in [1.29, 1.82) is 0 Å². The zero-order valence-electron chi connectivity index (χ0n) is 8.95. The van der Waals surface area contributed by atoms with E-state index in [-0.39, 0.29) is 79.2 Å². The van der Waals surface area contributed by atoms with Crippen molar-refractivity contribution >= 4 is 35.8 Å². The molecule has 13 nitrogen and oxygen atoms in total. The first-order valence-electron chi connectivity index (χ1n) is 3.20. The predicted molar refractivity (Wildman–Crippen MR) is 33.7 cm³/mol. The first kappa shape index (κ1) is 37.0. The predicted octanol–water partition coefficient (Wildman–Crippen LogP) is -11.4. The summed E-state index contributed by atoms with van der Waals surface area (Å²) in [5.74, 6) is -13.1. The van der Waals surface area contributed by atoms with E-state index in [2.05, 4.69) is 0 Å². The van der Waals surface area contributed by atoms with Gasteiger partial charge in [-0.15, -0.1) is 0 Å². The summed E-state index contributed by atoms with van der Waals surface area (Å²) < 4.78 is 0. The summed E-state index contributed by atoms with van der Waals surface area (Å²) in [5.41, 5.74) is 0. The largest absolute Gasteiger partial charge is 3.00 e. The molecule has 21 heavy (non-hydrogen) atoms. The van der Waals surface area contributed by atoms with Gasteiger partial charge in [0.1, 0.15) is 0 Å². The third kappa shape index (κ3) is 45.3. The van der Waals surface area contributed by atoms with Gasteiger partial charge in [-0.1, -0.05) is 0 Å². The van der Waals surface area contributed by atoms with Crippen molar-refractivity contribution in [2.75, 3.05) is 0 Å².